The number of allylic oxidation sites excluding steroid dienone is 2. The van der Waals surface area contributed by atoms with Gasteiger partial charge in [-0.1, -0.05) is 296 Å². The molecule has 19 nitrogen and oxygen atoms in total. The van der Waals surface area contributed by atoms with Crippen molar-refractivity contribution in [3.63, 3.8) is 0 Å². The van der Waals surface area contributed by atoms with Crippen LogP contribution in [-0.4, -0.2) is 75.6 Å². The summed E-state index contributed by atoms with van der Waals surface area (Å²) < 4.78 is 92.3. The summed E-state index contributed by atoms with van der Waals surface area (Å²) >= 11 is 0. The van der Waals surface area contributed by atoms with Crippen molar-refractivity contribution in [3.8, 4) is 0 Å². The number of carbonyl (C=O) groups excluding carboxylic acids is 4. The molecular weight excluding hydrogens is 1570 g/mol. The van der Waals surface area contributed by atoms with Gasteiger partial charge in [-0.15, -0.1) is 47.2 Å². The number of nitrogens with zero attached hydrogens (tertiary/aromatic N) is 6. The summed E-state index contributed by atoms with van der Waals surface area (Å²) in [6, 6.07) is 94.5. The molecule has 3 aliphatic heterocycles. The summed E-state index contributed by atoms with van der Waals surface area (Å²) in [6.45, 7) is 2.85. The fraction of sp³-hybridized carbons (Fsp3) is 0.0488. The molecule has 105 heavy (non-hydrogen) atoms. The van der Waals surface area contributed by atoms with Crippen LogP contribution in [-0.2, 0) is 56.5 Å². The van der Waals surface area contributed by atoms with E-state index in [0.717, 1.165) is 71.8 Å². The zero-order valence-corrected chi connectivity index (χ0v) is 60.5. The van der Waals surface area contributed by atoms with E-state index in [1.54, 1.807) is 91.0 Å². The van der Waals surface area contributed by atoms with Crippen molar-refractivity contribution in [1.82, 2.24) is 0 Å². The molecule has 0 aromatic heterocycles. The number of aliphatic hydroxyl groups is 3. The van der Waals surface area contributed by atoms with Gasteiger partial charge in [0.05, 0.1) is 11.1 Å². The van der Waals surface area contributed by atoms with Crippen molar-refractivity contribution >= 4 is 109 Å². The molecule has 23 heteroatoms. The fourth-order valence-corrected chi connectivity index (χ4v) is 13.5. The molecule has 13 aromatic rings. The van der Waals surface area contributed by atoms with Gasteiger partial charge < -0.3 is 15.3 Å². The summed E-state index contributed by atoms with van der Waals surface area (Å²) in [6.07, 6.45) is 0.229. The van der Waals surface area contributed by atoms with Crippen molar-refractivity contribution in [2.45, 2.75) is 26.1 Å². The van der Waals surface area contributed by atoms with E-state index in [4.69, 9.17) is 5.11 Å². The second-order valence-corrected chi connectivity index (χ2v) is 26.6. The second-order valence-electron chi connectivity index (χ2n) is 22.8. The number of aliphatic hydroxyl groups excluding tert-OH is 3. The van der Waals surface area contributed by atoms with Gasteiger partial charge in [0.2, 0.25) is 11.6 Å². The molecule has 0 aliphatic carbocycles. The van der Waals surface area contributed by atoms with Crippen LogP contribution in [0.1, 0.15) is 79.4 Å². The Morgan fingerprint density at radius 3 is 0.981 bits per heavy atom. The molecule has 528 valence electrons. The molecule has 3 N–H and O–H groups in total. The second kappa shape index (κ2) is 35.8. The Bertz CT molecular complexity index is 5560. The molecule has 0 radical (unpaired) electrons. The monoisotopic (exact) mass is 1630 g/mol. The number of hydrogen-bond acceptors (Lipinski definition) is 13. The normalized spacial score (nSPS) is 13.9. The van der Waals surface area contributed by atoms with Crippen LogP contribution in [0.5, 0.6) is 0 Å². The van der Waals surface area contributed by atoms with E-state index in [-0.39, 0.29) is 32.6 Å². The van der Waals surface area contributed by atoms with Crippen molar-refractivity contribution in [3.05, 3.63) is 382 Å². The summed E-state index contributed by atoms with van der Waals surface area (Å²) in [5.41, 5.74) is 5.30. The SMILES string of the molecule is CC(=O)C=C(C)O.O=C(C(=O)c1ccccc1)c1ccccc1.O=Cc1ccccc1.O=S1(=O)N=C(c2ccccc2)C(c2ccccc2)=N1.O=S1(=O)N=c2c(c3ccccc3c3ccc[c-]c23)=N1.O=S1(=O)N=c2c(c3ccccc3c3ccccc23)=N1.OC(c1ccccc1)C(O)c1ccccc1.[Pt]. The molecule has 13 aromatic carbocycles. The van der Waals surface area contributed by atoms with Gasteiger partial charge in [-0.2, -0.15) is 34.0 Å². The Morgan fingerprint density at radius 2 is 0.648 bits per heavy atom. The number of Topliss-reactive ketones (excluding diaryl/α,β-unsaturated/α-hetero) is 2. The standard InChI is InChI=1S/C14H8N2O2S.C14H7N2O2S.C14H10N2O2S.C14H14O2.C14H10O2.C7H6O.C5H8O2.Pt/c2*17-19(18)15-13-11-7-3-1-5-9(11)10-6-2-4-8-12(10)14(13)16-19;17-19(18)15-13(11-7-3-1-4-8-11)14(16-19)12-9-5-2-6-10-12;2*15-13(11-7-3-1-4-8-11)14(16)12-9-5-2-6-10-12;8-6-7-4-2-1-3-5-7;1-4(6)3-5(2)7;/h1-8H;1-7H;1-10H;1-10,13-16H;1-10H;1-6H;3,6H,1-2H3;/q;-1;;;;;;. The smallest absolute Gasteiger partial charge is 0.364 e. The van der Waals surface area contributed by atoms with Crippen molar-refractivity contribution in [1.29, 1.82) is 0 Å². The number of rotatable bonds is 10. The molecular formula is C82H63N6O13PtS3-. The zero-order chi connectivity index (χ0) is 73.8. The average Bonchev–Trinajstić information content (AvgIpc) is 1.66. The molecule has 2 atom stereocenters. The molecule has 0 saturated carbocycles. The molecule has 3 aliphatic rings. The number of fused-ring (bicyclic) bond motifs is 12. The van der Waals surface area contributed by atoms with E-state index in [2.05, 4.69) is 32.5 Å². The predicted octanol–water partition coefficient (Wildman–Crippen LogP) is 12.7. The Labute approximate surface area is 619 Å². The first kappa shape index (κ1) is 77.3. The topological polar surface area (TPSA) is 306 Å². The van der Waals surface area contributed by atoms with E-state index in [1.807, 2.05) is 212 Å². The van der Waals surface area contributed by atoms with Gasteiger partial charge in [0, 0.05) is 71.1 Å². The minimum atomic E-state index is -3.77. The van der Waals surface area contributed by atoms with E-state index < -0.39 is 54.4 Å². The molecule has 0 bridgehead atoms. The minimum absolute atomic E-state index is 0. The molecule has 16 rings (SSSR count). The van der Waals surface area contributed by atoms with Crippen molar-refractivity contribution in [2.24, 2.45) is 26.4 Å². The van der Waals surface area contributed by atoms with Crippen LogP contribution in [0.3, 0.4) is 0 Å². The summed E-state index contributed by atoms with van der Waals surface area (Å²) in [5.74, 6) is -0.994. The van der Waals surface area contributed by atoms with Gasteiger partial charge in [-0.25, -0.2) is 0 Å². The molecule has 0 amide bonds. The molecule has 0 spiro atoms. The van der Waals surface area contributed by atoms with E-state index >= 15 is 0 Å². The van der Waals surface area contributed by atoms with E-state index in [1.165, 1.54) is 19.9 Å². The Balaban J connectivity index is 0.000000145. The van der Waals surface area contributed by atoms with Crippen LogP contribution in [0.2, 0.25) is 0 Å². The first-order valence-electron chi connectivity index (χ1n) is 31.9. The maximum absolute atomic E-state index is 11.8. The Hall–Kier alpha value is -11.9. The van der Waals surface area contributed by atoms with Gasteiger partial charge >= 0.3 is 30.6 Å². The van der Waals surface area contributed by atoms with Gasteiger partial charge in [-0.05, 0) is 41.1 Å². The Kier molecular flexibility index (Phi) is 26.4. The third-order valence-electron chi connectivity index (χ3n) is 15.4. The third-order valence-corrected chi connectivity index (χ3v) is 17.9. The number of benzene rings is 13. The van der Waals surface area contributed by atoms with Gasteiger partial charge in [0.25, 0.3) is 0 Å². The minimum Gasteiger partial charge on any atom is -0.512 e. The van der Waals surface area contributed by atoms with Crippen LogP contribution < -0.4 is 21.4 Å². The average molecular weight is 1630 g/mol. The van der Waals surface area contributed by atoms with Crippen molar-refractivity contribution < 1.29 is 80.8 Å². The zero-order valence-electron chi connectivity index (χ0n) is 55.8. The molecule has 0 saturated heterocycles. The van der Waals surface area contributed by atoms with E-state index in [9.17, 15) is 54.6 Å². The molecule has 3 heterocycles. The van der Waals surface area contributed by atoms with Crippen LogP contribution in [0.25, 0.3) is 43.1 Å². The van der Waals surface area contributed by atoms with Crippen LogP contribution in [0.15, 0.2) is 342 Å². The quantitative estimate of drug-likeness (QED) is 0.0218. The predicted molar refractivity (Wildman–Crippen MR) is 402 cm³/mol. The largest absolute Gasteiger partial charge is 0.512 e. The number of carbonyl (C=O) groups is 4. The first-order chi connectivity index (χ1) is 50.1. The summed E-state index contributed by atoms with van der Waals surface area (Å²) in [5, 5.41) is 37.1. The maximum atomic E-state index is 11.8. The van der Waals surface area contributed by atoms with Crippen LogP contribution in [0.4, 0.5) is 0 Å². The van der Waals surface area contributed by atoms with Gasteiger partial charge in [0.15, 0.2) is 5.78 Å². The third kappa shape index (κ3) is 20.3. The number of ketones is 3. The summed E-state index contributed by atoms with van der Waals surface area (Å²) in [4.78, 5) is 43.6. The Morgan fingerprint density at radius 1 is 0.362 bits per heavy atom. The van der Waals surface area contributed by atoms with Crippen molar-refractivity contribution in [2.75, 3.05) is 0 Å². The molecule has 2 unspecified atom stereocenters. The van der Waals surface area contributed by atoms with Gasteiger partial charge in [0.1, 0.15) is 40.6 Å². The van der Waals surface area contributed by atoms with Crippen LogP contribution >= 0.6 is 0 Å². The van der Waals surface area contributed by atoms with Crippen LogP contribution in [0, 0.1) is 6.07 Å². The summed E-state index contributed by atoms with van der Waals surface area (Å²) in [7, 11) is -11.3. The van der Waals surface area contributed by atoms with Gasteiger partial charge in [-0.3, -0.25) is 19.2 Å². The first-order valence-corrected chi connectivity index (χ1v) is 36.1. The molecule has 0 fully saturated rings. The number of aldehydes is 1. The van der Waals surface area contributed by atoms with E-state index in [0.29, 0.717) is 49.4 Å². The maximum Gasteiger partial charge on any atom is 0.364 e. The number of hydrogen-bond donors (Lipinski definition) is 3. The fourth-order valence-electron chi connectivity index (χ4n) is 10.8.